The first-order valence-electron chi connectivity index (χ1n) is 9.56. The molecule has 1 fully saturated rings. The molecule has 2 heterocycles. The van der Waals surface area contributed by atoms with Gasteiger partial charge in [-0.1, -0.05) is 18.2 Å². The Morgan fingerprint density at radius 2 is 1.82 bits per heavy atom. The molecule has 4 rings (SSSR count). The number of methoxy groups -OCH3 is 1. The fourth-order valence-corrected chi connectivity index (χ4v) is 3.42. The molecule has 144 valence electrons. The lowest BCUT2D eigenvalue weighted by Crippen LogP contribution is -2.34. The van der Waals surface area contributed by atoms with E-state index in [9.17, 15) is 4.79 Å². The van der Waals surface area contributed by atoms with Gasteiger partial charge in [-0.3, -0.25) is 4.79 Å². The SMILES string of the molecule is COc1ccc(-c2nn(-c3ccccc3)cc2C(=O)N2CCCNCC2)cc1. The molecule has 1 N–H and O–H groups in total. The summed E-state index contributed by atoms with van der Waals surface area (Å²) in [6.45, 7) is 3.22. The summed E-state index contributed by atoms with van der Waals surface area (Å²) in [4.78, 5) is 15.3. The van der Waals surface area contributed by atoms with Gasteiger partial charge in [0.1, 0.15) is 11.4 Å². The van der Waals surface area contributed by atoms with Crippen molar-refractivity contribution in [2.75, 3.05) is 33.3 Å². The van der Waals surface area contributed by atoms with Crippen molar-refractivity contribution in [3.8, 4) is 22.7 Å². The number of hydrogen-bond acceptors (Lipinski definition) is 4. The van der Waals surface area contributed by atoms with Crippen molar-refractivity contribution in [3.63, 3.8) is 0 Å². The van der Waals surface area contributed by atoms with Gasteiger partial charge >= 0.3 is 0 Å². The second kappa shape index (κ2) is 8.27. The van der Waals surface area contributed by atoms with E-state index in [4.69, 9.17) is 9.84 Å². The van der Waals surface area contributed by atoms with Gasteiger partial charge in [-0.2, -0.15) is 5.10 Å². The van der Waals surface area contributed by atoms with Crippen molar-refractivity contribution in [2.45, 2.75) is 6.42 Å². The van der Waals surface area contributed by atoms with Crippen LogP contribution >= 0.6 is 0 Å². The van der Waals surface area contributed by atoms with Crippen LogP contribution in [-0.4, -0.2) is 53.9 Å². The minimum absolute atomic E-state index is 0.0247. The smallest absolute Gasteiger partial charge is 0.257 e. The van der Waals surface area contributed by atoms with Gasteiger partial charge in [0.25, 0.3) is 5.91 Å². The van der Waals surface area contributed by atoms with Crippen molar-refractivity contribution < 1.29 is 9.53 Å². The van der Waals surface area contributed by atoms with E-state index < -0.39 is 0 Å². The van der Waals surface area contributed by atoms with E-state index >= 15 is 0 Å². The van der Waals surface area contributed by atoms with Crippen LogP contribution in [0.1, 0.15) is 16.8 Å². The van der Waals surface area contributed by atoms with Gasteiger partial charge in [-0.15, -0.1) is 0 Å². The molecule has 0 bridgehead atoms. The van der Waals surface area contributed by atoms with Gasteiger partial charge < -0.3 is 15.0 Å². The van der Waals surface area contributed by atoms with Crippen LogP contribution in [0.25, 0.3) is 16.9 Å². The fraction of sp³-hybridized carbons (Fsp3) is 0.273. The van der Waals surface area contributed by atoms with E-state index in [0.717, 1.165) is 43.1 Å². The van der Waals surface area contributed by atoms with Crippen molar-refractivity contribution in [3.05, 3.63) is 66.4 Å². The number of amides is 1. The van der Waals surface area contributed by atoms with E-state index in [1.807, 2.05) is 65.7 Å². The van der Waals surface area contributed by atoms with E-state index in [2.05, 4.69) is 5.32 Å². The van der Waals surface area contributed by atoms with Crippen LogP contribution in [0.3, 0.4) is 0 Å². The predicted molar refractivity (Wildman–Crippen MR) is 109 cm³/mol. The lowest BCUT2D eigenvalue weighted by atomic mass is 10.1. The maximum Gasteiger partial charge on any atom is 0.257 e. The third-order valence-electron chi connectivity index (χ3n) is 4.96. The van der Waals surface area contributed by atoms with Gasteiger partial charge in [-0.25, -0.2) is 4.68 Å². The van der Waals surface area contributed by atoms with Crippen LogP contribution in [0.4, 0.5) is 0 Å². The molecule has 0 aliphatic carbocycles. The Hall–Kier alpha value is -3.12. The van der Waals surface area contributed by atoms with Gasteiger partial charge in [0.2, 0.25) is 0 Å². The average Bonchev–Trinajstić information content (AvgIpc) is 3.02. The molecule has 1 aliphatic heterocycles. The Kier molecular flexibility index (Phi) is 5.39. The molecule has 6 nitrogen and oxygen atoms in total. The first-order chi connectivity index (χ1) is 13.8. The summed E-state index contributed by atoms with van der Waals surface area (Å²) in [6, 6.07) is 17.5. The number of carbonyl (C=O) groups excluding carboxylic acids is 1. The standard InChI is InChI=1S/C22H24N4O2/c1-28-19-10-8-17(9-11-19)21-20(22(27)25-14-5-12-23-13-15-25)16-26(24-21)18-6-3-2-4-7-18/h2-4,6-11,16,23H,5,12-15H2,1H3. The molecule has 0 unspecified atom stereocenters. The monoisotopic (exact) mass is 376 g/mol. The van der Waals surface area contributed by atoms with Gasteiger partial charge in [-0.05, 0) is 49.4 Å². The van der Waals surface area contributed by atoms with E-state index in [1.165, 1.54) is 0 Å². The summed E-state index contributed by atoms with van der Waals surface area (Å²) in [6.07, 6.45) is 2.80. The molecule has 2 aromatic carbocycles. The zero-order valence-corrected chi connectivity index (χ0v) is 16.0. The number of benzene rings is 2. The lowest BCUT2D eigenvalue weighted by Gasteiger charge is -2.19. The molecular formula is C22H24N4O2. The second-order valence-corrected chi connectivity index (χ2v) is 6.80. The molecule has 0 spiro atoms. The Bertz CT molecular complexity index is 927. The normalized spacial score (nSPS) is 14.5. The van der Waals surface area contributed by atoms with E-state index in [1.54, 1.807) is 11.8 Å². The number of aromatic nitrogens is 2. The highest BCUT2D eigenvalue weighted by atomic mass is 16.5. The summed E-state index contributed by atoms with van der Waals surface area (Å²) in [5.41, 5.74) is 3.13. The quantitative estimate of drug-likeness (QED) is 0.761. The number of rotatable bonds is 4. The van der Waals surface area contributed by atoms with Crippen LogP contribution in [0, 0.1) is 0 Å². The Morgan fingerprint density at radius 3 is 2.57 bits per heavy atom. The summed E-state index contributed by atoms with van der Waals surface area (Å²) < 4.78 is 7.04. The molecule has 1 aliphatic rings. The number of hydrogen-bond donors (Lipinski definition) is 1. The summed E-state index contributed by atoms with van der Waals surface area (Å²) in [5.74, 6) is 0.800. The van der Waals surface area contributed by atoms with Crippen LogP contribution in [0.15, 0.2) is 60.8 Å². The number of nitrogens with zero attached hydrogens (tertiary/aromatic N) is 3. The van der Waals surface area contributed by atoms with Crippen molar-refractivity contribution in [1.29, 1.82) is 0 Å². The summed E-state index contributed by atoms with van der Waals surface area (Å²) >= 11 is 0. The number of para-hydroxylation sites is 1. The third-order valence-corrected chi connectivity index (χ3v) is 4.96. The molecule has 1 saturated heterocycles. The van der Waals surface area contributed by atoms with Crippen LogP contribution in [-0.2, 0) is 0 Å². The first-order valence-corrected chi connectivity index (χ1v) is 9.56. The van der Waals surface area contributed by atoms with Gasteiger partial charge in [0.05, 0.1) is 18.4 Å². The highest BCUT2D eigenvalue weighted by Crippen LogP contribution is 2.27. The Balaban J connectivity index is 1.76. The zero-order valence-electron chi connectivity index (χ0n) is 16.0. The largest absolute Gasteiger partial charge is 0.497 e. The molecule has 0 atom stereocenters. The average molecular weight is 376 g/mol. The predicted octanol–water partition coefficient (Wildman–Crippen LogP) is 2.98. The lowest BCUT2D eigenvalue weighted by molar-refractivity contribution is 0.0767. The minimum atomic E-state index is 0.0247. The molecule has 6 heteroatoms. The third kappa shape index (κ3) is 3.77. The van der Waals surface area contributed by atoms with Crippen molar-refractivity contribution in [1.82, 2.24) is 20.0 Å². The number of nitrogens with one attached hydrogen (secondary N) is 1. The fourth-order valence-electron chi connectivity index (χ4n) is 3.42. The topological polar surface area (TPSA) is 59.4 Å². The Labute approximate surface area is 164 Å². The van der Waals surface area contributed by atoms with Crippen molar-refractivity contribution in [2.24, 2.45) is 0 Å². The molecule has 3 aromatic rings. The van der Waals surface area contributed by atoms with Crippen molar-refractivity contribution >= 4 is 5.91 Å². The maximum atomic E-state index is 13.3. The summed E-state index contributed by atoms with van der Waals surface area (Å²) in [7, 11) is 1.64. The van der Waals surface area contributed by atoms with Gasteiger partial charge in [0, 0.05) is 31.4 Å². The first kappa shape index (κ1) is 18.3. The molecule has 1 amide bonds. The maximum absolute atomic E-state index is 13.3. The minimum Gasteiger partial charge on any atom is -0.497 e. The Morgan fingerprint density at radius 1 is 1.04 bits per heavy atom. The van der Waals surface area contributed by atoms with Crippen LogP contribution < -0.4 is 10.1 Å². The van der Waals surface area contributed by atoms with E-state index in [0.29, 0.717) is 17.8 Å². The van der Waals surface area contributed by atoms with Gasteiger partial charge in [0.15, 0.2) is 0 Å². The molecular weight excluding hydrogens is 352 g/mol. The molecule has 1 aromatic heterocycles. The molecule has 0 radical (unpaired) electrons. The number of ether oxygens (including phenoxy) is 1. The molecule has 28 heavy (non-hydrogen) atoms. The number of carbonyl (C=O) groups is 1. The zero-order chi connectivity index (χ0) is 19.3. The molecule has 0 saturated carbocycles. The highest BCUT2D eigenvalue weighted by molar-refractivity contribution is 6.00. The van der Waals surface area contributed by atoms with Crippen LogP contribution in [0.2, 0.25) is 0 Å². The highest BCUT2D eigenvalue weighted by Gasteiger charge is 2.24. The second-order valence-electron chi connectivity index (χ2n) is 6.80. The van der Waals surface area contributed by atoms with Crippen LogP contribution in [0.5, 0.6) is 5.75 Å². The summed E-state index contributed by atoms with van der Waals surface area (Å²) in [5, 5.41) is 8.10. The van der Waals surface area contributed by atoms with E-state index in [-0.39, 0.29) is 5.91 Å².